The number of benzene rings is 2. The molecule has 0 aliphatic carbocycles. The number of hydrogen-bond acceptors (Lipinski definition) is 3. The Kier molecular flexibility index (Phi) is 4.27. The van der Waals surface area contributed by atoms with Gasteiger partial charge < -0.3 is 10.2 Å². The zero-order valence-corrected chi connectivity index (χ0v) is 15.8. The zero-order valence-electron chi connectivity index (χ0n) is 15.0. The fourth-order valence-corrected chi connectivity index (χ4v) is 5.76. The Bertz CT molecular complexity index is 847. The van der Waals surface area contributed by atoms with Gasteiger partial charge in [0.2, 0.25) is 11.8 Å². The van der Waals surface area contributed by atoms with Crippen LogP contribution >= 0.6 is 11.8 Å². The highest BCUT2D eigenvalue weighted by atomic mass is 32.2. The lowest BCUT2D eigenvalue weighted by molar-refractivity contribution is -0.136. The van der Waals surface area contributed by atoms with Crippen molar-refractivity contribution < 1.29 is 9.59 Å². The summed E-state index contributed by atoms with van der Waals surface area (Å²) >= 11 is 1.71. The van der Waals surface area contributed by atoms with E-state index in [0.717, 1.165) is 28.8 Å². The Balaban J connectivity index is 1.62. The van der Waals surface area contributed by atoms with Crippen molar-refractivity contribution in [2.75, 3.05) is 11.1 Å². The number of fused-ring (bicyclic) bond motifs is 1. The van der Waals surface area contributed by atoms with Crippen LogP contribution in [0.4, 0.5) is 5.69 Å². The van der Waals surface area contributed by atoms with E-state index in [1.807, 2.05) is 49.1 Å². The fourth-order valence-electron chi connectivity index (χ4n) is 4.11. The summed E-state index contributed by atoms with van der Waals surface area (Å²) in [4.78, 5) is 27.0. The van der Waals surface area contributed by atoms with Crippen molar-refractivity contribution >= 4 is 29.3 Å². The minimum absolute atomic E-state index is 0.0689. The normalized spacial score (nSPS) is 24.6. The number of thioether (sulfide) groups is 1. The Morgan fingerprint density at radius 2 is 1.85 bits per heavy atom. The van der Waals surface area contributed by atoms with Crippen molar-refractivity contribution in [1.29, 1.82) is 0 Å². The fraction of sp³-hybridized carbons (Fsp3) is 0.333. The van der Waals surface area contributed by atoms with Gasteiger partial charge in [0.25, 0.3) is 0 Å². The summed E-state index contributed by atoms with van der Waals surface area (Å²) in [6.45, 7) is 4.02. The van der Waals surface area contributed by atoms with Crippen molar-refractivity contribution in [3.05, 3.63) is 65.2 Å². The van der Waals surface area contributed by atoms with Gasteiger partial charge in [-0.25, -0.2) is 0 Å². The highest BCUT2D eigenvalue weighted by molar-refractivity contribution is 8.00. The van der Waals surface area contributed by atoms with E-state index in [9.17, 15) is 9.59 Å². The maximum atomic E-state index is 13.0. The standard InChI is InChI=1S/C21H22N2O2S/c1-14-10-15(2)12-17(11-14)22-20(25)18-13-26-21(9-8-19(24)23(18)21)16-6-4-3-5-7-16/h3-7,10-12,18H,8-9,13H2,1-2H3,(H,22,25)/t18-,21-/m0/s1. The molecule has 2 saturated heterocycles. The second-order valence-corrected chi connectivity index (χ2v) is 8.40. The van der Waals surface area contributed by atoms with E-state index in [4.69, 9.17) is 0 Å². The number of hydrogen-bond donors (Lipinski definition) is 1. The summed E-state index contributed by atoms with van der Waals surface area (Å²) in [5, 5.41) is 3.02. The number of nitrogens with one attached hydrogen (secondary N) is 1. The Hall–Kier alpha value is -2.27. The minimum Gasteiger partial charge on any atom is -0.324 e. The first-order valence-corrected chi connectivity index (χ1v) is 9.89. The maximum absolute atomic E-state index is 13.0. The van der Waals surface area contributed by atoms with Crippen LogP contribution in [0.15, 0.2) is 48.5 Å². The van der Waals surface area contributed by atoms with Crippen LogP contribution in [0.3, 0.4) is 0 Å². The molecule has 0 spiro atoms. The highest BCUT2D eigenvalue weighted by Gasteiger charge is 2.56. The molecule has 134 valence electrons. The molecule has 2 aliphatic heterocycles. The van der Waals surface area contributed by atoms with E-state index in [0.29, 0.717) is 12.2 Å². The van der Waals surface area contributed by atoms with E-state index in [1.54, 1.807) is 11.8 Å². The van der Waals surface area contributed by atoms with Crippen molar-refractivity contribution in [3.63, 3.8) is 0 Å². The second-order valence-electron chi connectivity index (χ2n) is 7.11. The lowest BCUT2D eigenvalue weighted by atomic mass is 10.0. The third-order valence-corrected chi connectivity index (χ3v) is 6.74. The van der Waals surface area contributed by atoms with Gasteiger partial charge in [-0.15, -0.1) is 11.8 Å². The average Bonchev–Trinajstić information content (AvgIpc) is 3.14. The van der Waals surface area contributed by atoms with Gasteiger partial charge in [-0.2, -0.15) is 0 Å². The zero-order chi connectivity index (χ0) is 18.3. The number of carbonyl (C=O) groups is 2. The first kappa shape index (κ1) is 17.2. The summed E-state index contributed by atoms with van der Waals surface area (Å²) in [5.74, 6) is 0.590. The molecular weight excluding hydrogens is 344 g/mol. The van der Waals surface area contributed by atoms with Crippen LogP contribution in [0.2, 0.25) is 0 Å². The van der Waals surface area contributed by atoms with E-state index in [2.05, 4.69) is 23.5 Å². The number of carbonyl (C=O) groups excluding carboxylic acids is 2. The predicted octanol–water partition coefficient (Wildman–Crippen LogP) is 3.83. The van der Waals surface area contributed by atoms with Crippen molar-refractivity contribution in [2.45, 2.75) is 37.6 Å². The molecule has 2 fully saturated rings. The highest BCUT2D eigenvalue weighted by Crippen LogP contribution is 2.54. The van der Waals surface area contributed by atoms with Crippen LogP contribution in [0.1, 0.15) is 29.5 Å². The number of anilines is 1. The summed E-state index contributed by atoms with van der Waals surface area (Å²) in [7, 11) is 0. The lowest BCUT2D eigenvalue weighted by Gasteiger charge is -2.34. The molecule has 2 aromatic rings. The molecule has 2 amide bonds. The van der Waals surface area contributed by atoms with Crippen molar-refractivity contribution in [3.8, 4) is 0 Å². The molecule has 0 bridgehead atoms. The molecule has 0 radical (unpaired) electrons. The molecular formula is C21H22N2O2S. The molecule has 5 heteroatoms. The first-order chi connectivity index (χ1) is 12.5. The van der Waals surface area contributed by atoms with Crippen LogP contribution in [0.5, 0.6) is 0 Å². The molecule has 4 nitrogen and oxygen atoms in total. The van der Waals surface area contributed by atoms with Gasteiger partial charge in [0.15, 0.2) is 0 Å². The molecule has 0 saturated carbocycles. The number of aryl methyl sites for hydroxylation is 2. The smallest absolute Gasteiger partial charge is 0.248 e. The molecule has 2 aliphatic rings. The lowest BCUT2D eigenvalue weighted by Crippen LogP contribution is -2.48. The van der Waals surface area contributed by atoms with Crippen molar-refractivity contribution in [1.82, 2.24) is 4.90 Å². The van der Waals surface area contributed by atoms with Crippen LogP contribution < -0.4 is 5.32 Å². The molecule has 1 N–H and O–H groups in total. The minimum atomic E-state index is -0.434. The Labute approximate surface area is 158 Å². The van der Waals surface area contributed by atoms with Gasteiger partial charge in [-0.1, -0.05) is 36.4 Å². The Morgan fingerprint density at radius 3 is 2.54 bits per heavy atom. The molecule has 2 atom stereocenters. The van der Waals surface area contributed by atoms with Gasteiger partial charge in [0, 0.05) is 17.9 Å². The topological polar surface area (TPSA) is 49.4 Å². The van der Waals surface area contributed by atoms with Gasteiger partial charge in [0.1, 0.15) is 10.9 Å². The molecule has 4 rings (SSSR count). The summed E-state index contributed by atoms with van der Waals surface area (Å²) in [5.41, 5.74) is 4.12. The number of rotatable bonds is 3. The van der Waals surface area contributed by atoms with Crippen LogP contribution in [0, 0.1) is 13.8 Å². The second kappa shape index (κ2) is 6.47. The summed E-state index contributed by atoms with van der Waals surface area (Å²) < 4.78 is 0. The van der Waals surface area contributed by atoms with Crippen molar-refractivity contribution in [2.24, 2.45) is 0 Å². The van der Waals surface area contributed by atoms with Gasteiger partial charge in [0.05, 0.1) is 0 Å². The number of amides is 2. The molecule has 0 aromatic heterocycles. The van der Waals surface area contributed by atoms with E-state index in [-0.39, 0.29) is 11.8 Å². The molecule has 2 aromatic carbocycles. The molecule has 0 unspecified atom stereocenters. The van der Waals surface area contributed by atoms with Crippen LogP contribution in [-0.2, 0) is 14.5 Å². The van der Waals surface area contributed by atoms with E-state index >= 15 is 0 Å². The molecule has 2 heterocycles. The predicted molar refractivity (Wildman–Crippen MR) is 105 cm³/mol. The van der Waals surface area contributed by atoms with E-state index < -0.39 is 10.9 Å². The largest absolute Gasteiger partial charge is 0.324 e. The van der Waals surface area contributed by atoms with Gasteiger partial charge in [-0.05, 0) is 49.1 Å². The summed E-state index contributed by atoms with van der Waals surface area (Å²) in [6, 6.07) is 15.6. The SMILES string of the molecule is Cc1cc(C)cc(NC(=O)[C@@H]2CS[C@]3(c4ccccc4)CCC(=O)N23)c1. The van der Waals surface area contributed by atoms with Gasteiger partial charge >= 0.3 is 0 Å². The van der Waals surface area contributed by atoms with Crippen LogP contribution in [0.25, 0.3) is 0 Å². The average molecular weight is 366 g/mol. The third-order valence-electron chi connectivity index (χ3n) is 5.14. The quantitative estimate of drug-likeness (QED) is 0.898. The first-order valence-electron chi connectivity index (χ1n) is 8.90. The van der Waals surface area contributed by atoms with E-state index in [1.165, 1.54) is 0 Å². The monoisotopic (exact) mass is 366 g/mol. The summed E-state index contributed by atoms with van der Waals surface area (Å²) in [6.07, 6.45) is 1.25. The third kappa shape index (κ3) is 2.80. The Morgan fingerprint density at radius 1 is 1.15 bits per heavy atom. The van der Waals surface area contributed by atoms with Gasteiger partial charge in [-0.3, -0.25) is 9.59 Å². The molecule has 26 heavy (non-hydrogen) atoms. The maximum Gasteiger partial charge on any atom is 0.248 e. The number of nitrogens with zero attached hydrogens (tertiary/aromatic N) is 1. The van der Waals surface area contributed by atoms with Crippen LogP contribution in [-0.4, -0.2) is 28.5 Å².